The van der Waals surface area contributed by atoms with E-state index in [1.165, 1.54) is 11.6 Å². The largest absolute Gasteiger partial charge is 0.512 e. The zero-order valence-electron chi connectivity index (χ0n) is 27.3. The van der Waals surface area contributed by atoms with Gasteiger partial charge in [-0.1, -0.05) is 104 Å². The number of aliphatic hydroxyl groups is 2. The molecular weight excluding hydrogens is 725 g/mol. The molecule has 0 spiro atoms. The summed E-state index contributed by atoms with van der Waals surface area (Å²) in [5.41, 5.74) is 5.71. The van der Waals surface area contributed by atoms with E-state index in [9.17, 15) is 10.2 Å². The van der Waals surface area contributed by atoms with Crippen molar-refractivity contribution < 1.29 is 35.1 Å². The molecule has 0 fully saturated rings. The standard InChI is InChI=1S/C27H23N2O.C11H22O2.Ir/c1-27(2,3)19-14-16-20(17-15-19)29-23-11-4-5-13-25(23)30-26-21(9-8-12-24(26)29)22-10-6-7-18-28-22;1-10(2,3)8(12)7-9(13)11(4,5)6;/h4-8,10-18H,1-3H3;7-8,12-13H,1-6H3;/q-1;;. The van der Waals surface area contributed by atoms with Gasteiger partial charge in [0.15, 0.2) is 0 Å². The van der Waals surface area contributed by atoms with Crippen molar-refractivity contribution in [1.82, 2.24) is 4.98 Å². The molecule has 2 N–H and O–H groups in total. The number of allylic oxidation sites excluding steroid dienone is 1. The Morgan fingerprint density at radius 3 is 2.05 bits per heavy atom. The first kappa shape index (κ1) is 35.0. The minimum atomic E-state index is -0.605. The van der Waals surface area contributed by atoms with Crippen LogP contribution in [0.5, 0.6) is 11.5 Å². The van der Waals surface area contributed by atoms with Crippen LogP contribution in [0.25, 0.3) is 11.3 Å². The zero-order chi connectivity index (χ0) is 31.6. The maximum atomic E-state index is 9.68. The van der Waals surface area contributed by atoms with Crippen LogP contribution < -0.4 is 9.64 Å². The number of nitrogens with zero attached hydrogens (tertiary/aromatic N) is 2. The van der Waals surface area contributed by atoms with E-state index in [0.29, 0.717) is 0 Å². The summed E-state index contributed by atoms with van der Waals surface area (Å²) in [5.74, 6) is 1.84. The molecule has 6 heteroatoms. The third kappa shape index (κ3) is 8.18. The predicted molar refractivity (Wildman–Crippen MR) is 178 cm³/mol. The van der Waals surface area contributed by atoms with Gasteiger partial charge in [0, 0.05) is 43.1 Å². The maximum Gasteiger partial charge on any atom is 0.138 e. The van der Waals surface area contributed by atoms with Gasteiger partial charge < -0.3 is 24.8 Å². The average Bonchev–Trinajstić information content (AvgIpc) is 2.95. The number of ether oxygens (including phenoxy) is 1. The average molecular weight is 770 g/mol. The normalized spacial score (nSPS) is 13.8. The maximum absolute atomic E-state index is 9.68. The minimum absolute atomic E-state index is 0. The van der Waals surface area contributed by atoms with Crippen molar-refractivity contribution in [3.05, 3.63) is 109 Å². The Labute approximate surface area is 277 Å². The summed E-state index contributed by atoms with van der Waals surface area (Å²) in [6.07, 6.45) is 2.72. The molecular formula is C38H45IrN2O3-. The third-order valence-corrected chi connectivity index (χ3v) is 7.37. The molecule has 3 aromatic carbocycles. The third-order valence-electron chi connectivity index (χ3n) is 7.37. The summed E-state index contributed by atoms with van der Waals surface area (Å²) in [4.78, 5) is 6.77. The molecule has 0 aliphatic carbocycles. The number of fused-ring (bicyclic) bond motifs is 2. The Morgan fingerprint density at radius 1 is 0.841 bits per heavy atom. The molecule has 5 rings (SSSR count). The van der Waals surface area contributed by atoms with Crippen LogP contribution in [-0.4, -0.2) is 21.3 Å². The van der Waals surface area contributed by atoms with E-state index < -0.39 is 6.10 Å². The Morgan fingerprint density at radius 2 is 1.48 bits per heavy atom. The monoisotopic (exact) mass is 770 g/mol. The Hall–Kier alpha value is -3.44. The van der Waals surface area contributed by atoms with Crippen molar-refractivity contribution >= 4 is 17.1 Å². The number of aromatic nitrogens is 1. The van der Waals surface area contributed by atoms with Crippen molar-refractivity contribution in [3.63, 3.8) is 0 Å². The molecule has 1 unspecified atom stereocenters. The molecule has 1 aliphatic heterocycles. The van der Waals surface area contributed by atoms with Gasteiger partial charge in [-0.3, -0.25) is 0 Å². The fraction of sp³-hybridized carbons (Fsp3) is 0.342. The van der Waals surface area contributed by atoms with E-state index in [2.05, 4.69) is 73.1 Å². The summed E-state index contributed by atoms with van der Waals surface area (Å²) in [6.45, 7) is 18.2. The Bertz CT molecular complexity index is 1560. The summed E-state index contributed by atoms with van der Waals surface area (Å²) < 4.78 is 6.38. The molecule has 0 saturated heterocycles. The molecule has 44 heavy (non-hydrogen) atoms. The number of pyridine rings is 1. The van der Waals surface area contributed by atoms with Gasteiger partial charge in [-0.2, -0.15) is 0 Å². The molecule has 235 valence electrons. The van der Waals surface area contributed by atoms with Crippen LogP contribution >= 0.6 is 0 Å². The van der Waals surface area contributed by atoms with Crippen LogP contribution in [0.1, 0.15) is 67.9 Å². The number of hydrogen-bond donors (Lipinski definition) is 2. The van der Waals surface area contributed by atoms with Gasteiger partial charge in [0.1, 0.15) is 5.75 Å². The van der Waals surface area contributed by atoms with Gasteiger partial charge >= 0.3 is 0 Å². The SMILES string of the molecule is CC(C)(C)C(O)=CC(O)C(C)(C)C.CC(C)(C)c1ccc(N2c3ccccc3Oc3c(-c4ccccn4)[c-]ccc32)cc1.[Ir]. The fourth-order valence-electron chi connectivity index (χ4n) is 4.46. The fourth-order valence-corrected chi connectivity index (χ4v) is 4.46. The first-order chi connectivity index (χ1) is 20.1. The van der Waals surface area contributed by atoms with Crippen LogP contribution in [0.4, 0.5) is 17.1 Å². The van der Waals surface area contributed by atoms with Crippen LogP contribution in [0.15, 0.2) is 96.9 Å². The van der Waals surface area contributed by atoms with Crippen molar-refractivity contribution in [1.29, 1.82) is 0 Å². The van der Waals surface area contributed by atoms with Gasteiger partial charge in [0.2, 0.25) is 0 Å². The molecule has 1 aromatic heterocycles. The van der Waals surface area contributed by atoms with E-state index in [0.717, 1.165) is 39.8 Å². The Kier molecular flexibility index (Phi) is 10.9. The number of para-hydroxylation sites is 2. The van der Waals surface area contributed by atoms with E-state index in [1.54, 1.807) is 6.20 Å². The number of rotatable bonds is 3. The van der Waals surface area contributed by atoms with Crippen molar-refractivity contribution in [3.8, 4) is 22.8 Å². The smallest absolute Gasteiger partial charge is 0.138 e. The zero-order valence-corrected chi connectivity index (χ0v) is 29.7. The van der Waals surface area contributed by atoms with Crippen LogP contribution in [0.2, 0.25) is 0 Å². The van der Waals surface area contributed by atoms with Crippen molar-refractivity contribution in [2.45, 2.75) is 73.8 Å². The number of anilines is 3. The van der Waals surface area contributed by atoms with Gasteiger partial charge in [0.05, 0.1) is 23.3 Å². The van der Waals surface area contributed by atoms with Crippen molar-refractivity contribution in [2.24, 2.45) is 10.8 Å². The molecule has 0 saturated carbocycles. The molecule has 0 amide bonds. The van der Waals surface area contributed by atoms with E-state index >= 15 is 0 Å². The van der Waals surface area contributed by atoms with Crippen LogP contribution in [0.3, 0.4) is 0 Å². The molecule has 1 radical (unpaired) electrons. The summed E-state index contributed by atoms with van der Waals surface area (Å²) >= 11 is 0. The summed E-state index contributed by atoms with van der Waals surface area (Å²) in [5, 5.41) is 19.3. The molecule has 1 atom stereocenters. The van der Waals surface area contributed by atoms with Gasteiger partial charge in [-0.25, -0.2) is 0 Å². The molecule has 1 aliphatic rings. The predicted octanol–water partition coefficient (Wildman–Crippen LogP) is 10.3. The topological polar surface area (TPSA) is 65.8 Å². The molecule has 0 bridgehead atoms. The first-order valence-corrected chi connectivity index (χ1v) is 14.8. The summed E-state index contributed by atoms with van der Waals surface area (Å²) in [7, 11) is 0. The van der Waals surface area contributed by atoms with Gasteiger partial charge in [-0.05, 0) is 58.5 Å². The van der Waals surface area contributed by atoms with Crippen molar-refractivity contribution in [2.75, 3.05) is 4.90 Å². The van der Waals surface area contributed by atoms with E-state index in [-0.39, 0.29) is 42.1 Å². The number of aliphatic hydroxyl groups excluding tert-OH is 2. The van der Waals surface area contributed by atoms with Crippen LogP contribution in [-0.2, 0) is 25.5 Å². The van der Waals surface area contributed by atoms with Gasteiger partial charge in [0.25, 0.3) is 0 Å². The number of benzene rings is 3. The second kappa shape index (κ2) is 13.7. The van der Waals surface area contributed by atoms with Gasteiger partial charge in [-0.15, -0.1) is 18.2 Å². The molecule has 4 aromatic rings. The summed E-state index contributed by atoms with van der Waals surface area (Å²) in [6, 6.07) is 30.1. The molecule has 2 heterocycles. The van der Waals surface area contributed by atoms with E-state index in [1.807, 2.05) is 84.0 Å². The first-order valence-electron chi connectivity index (χ1n) is 14.8. The van der Waals surface area contributed by atoms with E-state index in [4.69, 9.17) is 4.74 Å². The molecule has 5 nitrogen and oxygen atoms in total. The Balaban J connectivity index is 0.000000324. The minimum Gasteiger partial charge on any atom is -0.512 e. The second-order valence-electron chi connectivity index (χ2n) is 14.1. The van der Waals surface area contributed by atoms with Crippen LogP contribution in [0, 0.1) is 16.9 Å². The quantitative estimate of drug-likeness (QED) is 0.141. The number of hydrogen-bond acceptors (Lipinski definition) is 5. The second-order valence-corrected chi connectivity index (χ2v) is 14.1.